The first kappa shape index (κ1) is 18.7. The van der Waals surface area contributed by atoms with Gasteiger partial charge in [0, 0.05) is 36.5 Å². The van der Waals surface area contributed by atoms with E-state index in [1.165, 1.54) is 0 Å². The van der Waals surface area contributed by atoms with Gasteiger partial charge in [-0.25, -0.2) is 0 Å². The minimum absolute atomic E-state index is 0.0352. The van der Waals surface area contributed by atoms with Gasteiger partial charge in [0.15, 0.2) is 11.5 Å². The molecule has 0 spiro atoms. The molecule has 2 heterocycles. The number of hydrogen-bond acceptors (Lipinski definition) is 5. The van der Waals surface area contributed by atoms with Gasteiger partial charge in [0.05, 0.1) is 6.54 Å². The number of fused-ring (bicyclic) bond motifs is 1. The number of nitrogens with zero attached hydrogens (tertiary/aromatic N) is 2. The number of phenols is 1. The van der Waals surface area contributed by atoms with Crippen molar-refractivity contribution in [2.45, 2.75) is 32.9 Å². The normalized spacial score (nSPS) is 14.5. The van der Waals surface area contributed by atoms with Gasteiger partial charge in [-0.1, -0.05) is 13.0 Å². The molecule has 142 valence electrons. The quantitative estimate of drug-likeness (QED) is 0.861. The first-order valence-electron chi connectivity index (χ1n) is 8.96. The van der Waals surface area contributed by atoms with Gasteiger partial charge in [-0.2, -0.15) is 0 Å². The van der Waals surface area contributed by atoms with Crippen molar-refractivity contribution in [1.29, 1.82) is 0 Å². The Kier molecular flexibility index (Phi) is 5.59. The van der Waals surface area contributed by atoms with E-state index in [0.29, 0.717) is 30.8 Å². The maximum absolute atomic E-state index is 12.7. The van der Waals surface area contributed by atoms with Crippen LogP contribution in [-0.4, -0.2) is 46.0 Å². The van der Waals surface area contributed by atoms with Crippen LogP contribution in [-0.2, 0) is 16.1 Å². The van der Waals surface area contributed by atoms with E-state index in [9.17, 15) is 14.7 Å². The van der Waals surface area contributed by atoms with Crippen LogP contribution in [0.1, 0.15) is 25.8 Å². The molecule has 2 N–H and O–H groups in total. The summed E-state index contributed by atoms with van der Waals surface area (Å²) in [6.07, 6.45) is 3.72. The molecule has 0 radical (unpaired) electrons. The number of rotatable bonds is 4. The van der Waals surface area contributed by atoms with Gasteiger partial charge in [0.1, 0.15) is 12.6 Å². The summed E-state index contributed by atoms with van der Waals surface area (Å²) < 4.78 is 5.69. The van der Waals surface area contributed by atoms with Crippen molar-refractivity contribution >= 4 is 11.8 Å². The standard InChI is InChI=1S/C20H23N3O4/c1-3-18(25)22-13(2)20(26)23-7-8-27-19-16(12-23)9-15(10-17(19)24)14-5-4-6-21-11-14/h4-6,9-11,13,24H,3,7-8,12H2,1-2H3,(H,22,25). The number of carbonyl (C=O) groups is 2. The van der Waals surface area contributed by atoms with E-state index >= 15 is 0 Å². The number of carbonyl (C=O) groups excluding carboxylic acids is 2. The van der Waals surface area contributed by atoms with Crippen molar-refractivity contribution in [3.05, 3.63) is 42.2 Å². The number of pyridine rings is 1. The Morgan fingerprint density at radius 3 is 2.89 bits per heavy atom. The van der Waals surface area contributed by atoms with Crippen molar-refractivity contribution in [2.24, 2.45) is 0 Å². The SMILES string of the molecule is CCC(=O)NC(C)C(=O)N1CCOc2c(O)cc(-c3cccnc3)cc2C1. The zero-order valence-electron chi connectivity index (χ0n) is 15.4. The van der Waals surface area contributed by atoms with E-state index in [-0.39, 0.29) is 24.2 Å². The monoisotopic (exact) mass is 369 g/mol. The molecule has 1 aromatic carbocycles. The fraction of sp³-hybridized carbons (Fsp3) is 0.350. The van der Waals surface area contributed by atoms with E-state index in [2.05, 4.69) is 10.3 Å². The second kappa shape index (κ2) is 8.07. The summed E-state index contributed by atoms with van der Waals surface area (Å²) >= 11 is 0. The molecule has 1 atom stereocenters. The van der Waals surface area contributed by atoms with E-state index in [1.807, 2.05) is 18.2 Å². The lowest BCUT2D eigenvalue weighted by atomic mass is 10.0. The molecule has 0 aliphatic carbocycles. The topological polar surface area (TPSA) is 91.8 Å². The van der Waals surface area contributed by atoms with Gasteiger partial charge in [0.2, 0.25) is 11.8 Å². The van der Waals surface area contributed by atoms with Crippen LogP contribution in [0.3, 0.4) is 0 Å². The molecule has 0 saturated carbocycles. The van der Waals surface area contributed by atoms with Crippen LogP contribution in [0, 0.1) is 0 Å². The molecule has 1 aliphatic heterocycles. The third kappa shape index (κ3) is 4.19. The molecule has 0 fully saturated rings. The van der Waals surface area contributed by atoms with Crippen LogP contribution >= 0.6 is 0 Å². The van der Waals surface area contributed by atoms with Gasteiger partial charge in [-0.05, 0) is 30.7 Å². The van der Waals surface area contributed by atoms with Gasteiger partial charge in [-0.15, -0.1) is 0 Å². The molecule has 1 aliphatic rings. The summed E-state index contributed by atoms with van der Waals surface area (Å²) in [6, 6.07) is 6.64. The number of nitrogens with one attached hydrogen (secondary N) is 1. The smallest absolute Gasteiger partial charge is 0.245 e. The molecule has 0 saturated heterocycles. The Morgan fingerprint density at radius 1 is 1.37 bits per heavy atom. The summed E-state index contributed by atoms with van der Waals surface area (Å²) in [4.78, 5) is 30.1. The van der Waals surface area contributed by atoms with Crippen LogP contribution in [0.4, 0.5) is 0 Å². The van der Waals surface area contributed by atoms with Crippen LogP contribution in [0.25, 0.3) is 11.1 Å². The lowest BCUT2D eigenvalue weighted by Gasteiger charge is -2.24. The fourth-order valence-electron chi connectivity index (χ4n) is 3.07. The predicted molar refractivity (Wildman–Crippen MR) is 100 cm³/mol. The highest BCUT2D eigenvalue weighted by Crippen LogP contribution is 2.37. The Balaban J connectivity index is 1.86. The zero-order valence-corrected chi connectivity index (χ0v) is 15.4. The largest absolute Gasteiger partial charge is 0.504 e. The molecule has 1 aromatic heterocycles. The number of amides is 2. The summed E-state index contributed by atoms with van der Waals surface area (Å²) in [7, 11) is 0. The number of ether oxygens (including phenoxy) is 1. The van der Waals surface area contributed by atoms with Crippen LogP contribution in [0.5, 0.6) is 11.5 Å². The summed E-state index contributed by atoms with van der Waals surface area (Å²) in [6.45, 7) is 4.36. The number of aromatic hydroxyl groups is 1. The summed E-state index contributed by atoms with van der Waals surface area (Å²) in [5.74, 6) is 0.0783. The molecular formula is C20H23N3O4. The molecule has 27 heavy (non-hydrogen) atoms. The minimum Gasteiger partial charge on any atom is -0.504 e. The van der Waals surface area contributed by atoms with Crippen molar-refractivity contribution in [1.82, 2.24) is 15.2 Å². The Labute approximate surface area is 158 Å². The molecule has 7 nitrogen and oxygen atoms in total. The molecule has 0 bridgehead atoms. The summed E-state index contributed by atoms with van der Waals surface area (Å²) in [5, 5.41) is 13.1. The van der Waals surface area contributed by atoms with Gasteiger partial charge >= 0.3 is 0 Å². The first-order chi connectivity index (χ1) is 13.0. The second-order valence-electron chi connectivity index (χ2n) is 6.48. The first-order valence-corrected chi connectivity index (χ1v) is 8.96. The van der Waals surface area contributed by atoms with Gasteiger partial charge in [0.25, 0.3) is 0 Å². The highest BCUT2D eigenvalue weighted by Gasteiger charge is 2.26. The van der Waals surface area contributed by atoms with Gasteiger partial charge < -0.3 is 20.1 Å². The third-order valence-corrected chi connectivity index (χ3v) is 4.49. The van der Waals surface area contributed by atoms with Crippen molar-refractivity contribution in [2.75, 3.05) is 13.2 Å². The lowest BCUT2D eigenvalue weighted by Crippen LogP contribution is -2.47. The van der Waals surface area contributed by atoms with E-state index in [1.54, 1.807) is 37.2 Å². The highest BCUT2D eigenvalue weighted by atomic mass is 16.5. The predicted octanol–water partition coefficient (Wildman–Crippen LogP) is 2.09. The number of phenolic OH excluding ortho intramolecular Hbond substituents is 1. The van der Waals surface area contributed by atoms with E-state index in [0.717, 1.165) is 11.1 Å². The maximum atomic E-state index is 12.7. The Bertz CT molecular complexity index is 839. The molecular weight excluding hydrogens is 346 g/mol. The zero-order chi connectivity index (χ0) is 19.4. The average molecular weight is 369 g/mol. The molecule has 7 heteroatoms. The van der Waals surface area contributed by atoms with Crippen LogP contribution in [0.2, 0.25) is 0 Å². The van der Waals surface area contributed by atoms with Gasteiger partial charge in [-0.3, -0.25) is 14.6 Å². The number of benzene rings is 1. The van der Waals surface area contributed by atoms with Crippen molar-refractivity contribution in [3.8, 4) is 22.6 Å². The number of aromatic nitrogens is 1. The number of hydrogen-bond donors (Lipinski definition) is 2. The van der Waals surface area contributed by atoms with Crippen LogP contribution in [0.15, 0.2) is 36.7 Å². The second-order valence-corrected chi connectivity index (χ2v) is 6.48. The Hall–Kier alpha value is -3.09. The summed E-state index contributed by atoms with van der Waals surface area (Å²) in [5.41, 5.74) is 2.37. The maximum Gasteiger partial charge on any atom is 0.245 e. The molecule has 1 unspecified atom stereocenters. The van der Waals surface area contributed by atoms with Crippen molar-refractivity contribution in [3.63, 3.8) is 0 Å². The molecule has 2 aromatic rings. The average Bonchev–Trinajstić information content (AvgIpc) is 2.90. The minimum atomic E-state index is -0.617. The highest BCUT2D eigenvalue weighted by molar-refractivity contribution is 5.87. The Morgan fingerprint density at radius 2 is 2.19 bits per heavy atom. The fourth-order valence-corrected chi connectivity index (χ4v) is 3.07. The lowest BCUT2D eigenvalue weighted by molar-refractivity contribution is -0.136. The van der Waals surface area contributed by atoms with E-state index < -0.39 is 6.04 Å². The third-order valence-electron chi connectivity index (χ3n) is 4.49. The molecule has 2 amide bonds. The molecule has 3 rings (SSSR count). The van der Waals surface area contributed by atoms with Crippen LogP contribution < -0.4 is 10.1 Å². The van der Waals surface area contributed by atoms with E-state index in [4.69, 9.17) is 4.74 Å². The van der Waals surface area contributed by atoms with Crippen molar-refractivity contribution < 1.29 is 19.4 Å².